The van der Waals surface area contributed by atoms with Crippen LogP contribution in [-0.2, 0) is 10.2 Å². The molecule has 0 radical (unpaired) electrons. The summed E-state index contributed by atoms with van der Waals surface area (Å²) in [4.78, 5) is 14.3. The van der Waals surface area contributed by atoms with Crippen molar-refractivity contribution in [1.82, 2.24) is 23.7 Å². The highest BCUT2D eigenvalue weighted by Crippen LogP contribution is 2.22. The van der Waals surface area contributed by atoms with Gasteiger partial charge in [-0.25, -0.2) is 0 Å². The second-order valence-electron chi connectivity index (χ2n) is 6.38. The maximum atomic E-state index is 12.7. The molecule has 1 aliphatic heterocycles. The third-order valence-corrected chi connectivity index (χ3v) is 6.45. The molecular formula is C17H23N5O4S. The summed E-state index contributed by atoms with van der Waals surface area (Å²) >= 11 is 0. The van der Waals surface area contributed by atoms with Crippen LogP contribution in [0.2, 0.25) is 0 Å². The number of rotatable bonds is 5. The van der Waals surface area contributed by atoms with Crippen molar-refractivity contribution in [3.63, 3.8) is 0 Å². The number of hydrogen-bond acceptors (Lipinski definition) is 5. The Hall–Kier alpha value is -2.43. The van der Waals surface area contributed by atoms with Crippen LogP contribution in [0.3, 0.4) is 0 Å². The van der Waals surface area contributed by atoms with Gasteiger partial charge in [0.25, 0.3) is 16.1 Å². The van der Waals surface area contributed by atoms with E-state index in [1.807, 2.05) is 24.3 Å². The summed E-state index contributed by atoms with van der Waals surface area (Å²) in [5, 5.41) is 6.99. The van der Waals surface area contributed by atoms with Crippen LogP contribution in [0.15, 0.2) is 30.3 Å². The number of piperazine rings is 1. The van der Waals surface area contributed by atoms with Gasteiger partial charge in [0, 0.05) is 45.8 Å². The first-order valence-electron chi connectivity index (χ1n) is 8.49. The van der Waals surface area contributed by atoms with Gasteiger partial charge >= 0.3 is 0 Å². The number of benzene rings is 1. The van der Waals surface area contributed by atoms with Crippen LogP contribution < -0.4 is 4.74 Å². The van der Waals surface area contributed by atoms with Crippen molar-refractivity contribution >= 4 is 16.1 Å². The van der Waals surface area contributed by atoms with Gasteiger partial charge in [0.1, 0.15) is 11.4 Å². The Kier molecular flexibility index (Phi) is 5.49. The smallest absolute Gasteiger partial charge is 0.281 e. The Morgan fingerprint density at radius 3 is 2.33 bits per heavy atom. The predicted molar refractivity (Wildman–Crippen MR) is 101 cm³/mol. The van der Waals surface area contributed by atoms with E-state index >= 15 is 0 Å². The first-order chi connectivity index (χ1) is 12.8. The number of H-pyrrole nitrogens is 1. The maximum Gasteiger partial charge on any atom is 0.281 e. The zero-order chi connectivity index (χ0) is 19.6. The lowest BCUT2D eigenvalue weighted by Crippen LogP contribution is -2.53. The lowest BCUT2D eigenvalue weighted by Gasteiger charge is -2.34. The maximum absolute atomic E-state index is 12.7. The van der Waals surface area contributed by atoms with Crippen LogP contribution >= 0.6 is 0 Å². The molecule has 1 amide bonds. The fraction of sp³-hybridized carbons (Fsp3) is 0.412. The highest BCUT2D eigenvalue weighted by molar-refractivity contribution is 7.86. The molecule has 0 aliphatic carbocycles. The summed E-state index contributed by atoms with van der Waals surface area (Å²) in [7, 11) is 1.14. The zero-order valence-corrected chi connectivity index (χ0v) is 16.4. The number of amides is 1. The SMILES string of the molecule is COc1ccc(-c2cc(C(=O)N3CCN(S(=O)(=O)N(C)C)CC3)[nH]n2)cc1. The average molecular weight is 393 g/mol. The molecule has 146 valence electrons. The van der Waals surface area contributed by atoms with Crippen molar-refractivity contribution in [3.8, 4) is 17.0 Å². The number of methoxy groups -OCH3 is 1. The van der Waals surface area contributed by atoms with E-state index < -0.39 is 10.2 Å². The second-order valence-corrected chi connectivity index (χ2v) is 8.52. The van der Waals surface area contributed by atoms with Gasteiger partial charge in [0.2, 0.25) is 0 Å². The fourth-order valence-electron chi connectivity index (χ4n) is 2.86. The van der Waals surface area contributed by atoms with Gasteiger partial charge in [-0.1, -0.05) is 0 Å². The number of ether oxygens (including phenoxy) is 1. The molecule has 1 N–H and O–H groups in total. The number of nitrogens with zero attached hydrogens (tertiary/aromatic N) is 4. The molecule has 0 unspecified atom stereocenters. The predicted octanol–water partition coefficient (Wildman–Crippen LogP) is 0.650. The summed E-state index contributed by atoms with van der Waals surface area (Å²) < 4.78 is 32.0. The van der Waals surface area contributed by atoms with E-state index in [9.17, 15) is 13.2 Å². The number of carbonyl (C=O) groups is 1. The van der Waals surface area contributed by atoms with Crippen molar-refractivity contribution in [1.29, 1.82) is 0 Å². The third kappa shape index (κ3) is 3.97. The van der Waals surface area contributed by atoms with E-state index in [0.717, 1.165) is 11.3 Å². The number of nitrogens with one attached hydrogen (secondary N) is 1. The molecule has 1 fully saturated rings. The average Bonchev–Trinajstić information content (AvgIpc) is 3.17. The number of hydrogen-bond donors (Lipinski definition) is 1. The molecule has 1 aliphatic rings. The first kappa shape index (κ1) is 19.3. The van der Waals surface area contributed by atoms with Gasteiger partial charge in [0.05, 0.1) is 12.8 Å². The lowest BCUT2D eigenvalue weighted by atomic mass is 10.1. The van der Waals surface area contributed by atoms with Crippen LogP contribution in [0.5, 0.6) is 5.75 Å². The van der Waals surface area contributed by atoms with Crippen LogP contribution in [0.25, 0.3) is 11.3 Å². The molecule has 1 aromatic carbocycles. The minimum Gasteiger partial charge on any atom is -0.497 e. The van der Waals surface area contributed by atoms with E-state index in [1.165, 1.54) is 22.7 Å². The number of aromatic amines is 1. The first-order valence-corrected chi connectivity index (χ1v) is 9.89. The van der Waals surface area contributed by atoms with E-state index in [0.29, 0.717) is 24.5 Å². The Balaban J connectivity index is 1.66. The fourth-order valence-corrected chi connectivity index (χ4v) is 3.95. The quantitative estimate of drug-likeness (QED) is 0.804. The summed E-state index contributed by atoms with van der Waals surface area (Å²) in [6, 6.07) is 9.10. The van der Waals surface area contributed by atoms with Crippen molar-refractivity contribution in [3.05, 3.63) is 36.0 Å². The third-order valence-electron chi connectivity index (χ3n) is 4.51. The van der Waals surface area contributed by atoms with Crippen LogP contribution in [0.4, 0.5) is 0 Å². The summed E-state index contributed by atoms with van der Waals surface area (Å²) in [6.45, 7) is 1.21. The number of carbonyl (C=O) groups excluding carboxylic acids is 1. The molecule has 1 saturated heterocycles. The van der Waals surface area contributed by atoms with Gasteiger partial charge in [-0.3, -0.25) is 9.89 Å². The van der Waals surface area contributed by atoms with E-state index in [-0.39, 0.29) is 19.0 Å². The molecule has 1 aromatic heterocycles. The van der Waals surface area contributed by atoms with E-state index in [4.69, 9.17) is 4.74 Å². The normalized spacial score (nSPS) is 15.9. The molecule has 9 nitrogen and oxygen atoms in total. The van der Waals surface area contributed by atoms with Crippen molar-refractivity contribution in [2.75, 3.05) is 47.4 Å². The van der Waals surface area contributed by atoms with Gasteiger partial charge in [-0.2, -0.15) is 22.1 Å². The highest BCUT2D eigenvalue weighted by atomic mass is 32.2. The van der Waals surface area contributed by atoms with Crippen LogP contribution in [0.1, 0.15) is 10.5 Å². The molecule has 2 aromatic rings. The van der Waals surface area contributed by atoms with Crippen molar-refractivity contribution in [2.24, 2.45) is 0 Å². The Morgan fingerprint density at radius 1 is 1.15 bits per heavy atom. The summed E-state index contributed by atoms with van der Waals surface area (Å²) in [5.41, 5.74) is 1.91. The van der Waals surface area contributed by atoms with Gasteiger partial charge < -0.3 is 9.64 Å². The van der Waals surface area contributed by atoms with E-state index in [1.54, 1.807) is 18.1 Å². The molecule has 27 heavy (non-hydrogen) atoms. The Labute approximate surface area is 158 Å². The molecule has 2 heterocycles. The topological polar surface area (TPSA) is 98.8 Å². The standard InChI is InChI=1S/C17H23N5O4S/c1-20(2)27(24,25)22-10-8-21(9-11-22)17(23)16-12-15(18-19-16)13-4-6-14(26-3)7-5-13/h4-7,12H,8-11H2,1-3H3,(H,18,19). The lowest BCUT2D eigenvalue weighted by molar-refractivity contribution is 0.0689. The highest BCUT2D eigenvalue weighted by Gasteiger charge is 2.31. The number of aromatic nitrogens is 2. The molecule has 0 atom stereocenters. The molecular weight excluding hydrogens is 370 g/mol. The van der Waals surface area contributed by atoms with Crippen LogP contribution in [-0.4, -0.2) is 85.4 Å². The molecule has 10 heteroatoms. The Bertz CT molecular complexity index is 900. The second kappa shape index (κ2) is 7.67. The monoisotopic (exact) mass is 393 g/mol. The minimum absolute atomic E-state index is 0.191. The summed E-state index contributed by atoms with van der Waals surface area (Å²) in [6.07, 6.45) is 0. The zero-order valence-electron chi connectivity index (χ0n) is 15.5. The van der Waals surface area contributed by atoms with Crippen LogP contribution in [0, 0.1) is 0 Å². The van der Waals surface area contributed by atoms with Gasteiger partial charge in [-0.05, 0) is 30.3 Å². The van der Waals surface area contributed by atoms with Gasteiger partial charge in [0.15, 0.2) is 0 Å². The molecule has 0 saturated carbocycles. The molecule has 0 bridgehead atoms. The minimum atomic E-state index is -3.45. The molecule has 3 rings (SSSR count). The van der Waals surface area contributed by atoms with Crippen molar-refractivity contribution < 1.29 is 17.9 Å². The van der Waals surface area contributed by atoms with E-state index in [2.05, 4.69) is 10.2 Å². The van der Waals surface area contributed by atoms with Crippen molar-refractivity contribution in [2.45, 2.75) is 0 Å². The molecule has 0 spiro atoms. The summed E-state index contributed by atoms with van der Waals surface area (Å²) in [5.74, 6) is 0.556. The van der Waals surface area contributed by atoms with Gasteiger partial charge in [-0.15, -0.1) is 0 Å². The Morgan fingerprint density at radius 2 is 1.78 bits per heavy atom. The largest absolute Gasteiger partial charge is 0.497 e.